The molecular formula is C23H21FN2O4. The molecule has 1 amide bonds. The standard InChI is InChI=1S/C23H21FN2O4/c1-2-29-22-13-17(9-12-20(22)27)14-25-26-23(28)19-5-3-4-6-21(19)30-15-16-7-10-18(24)11-8-16/h3-14,27H,2,15H2,1H3,(H,26,28)/b25-14+. The second-order valence-electron chi connectivity index (χ2n) is 6.27. The monoisotopic (exact) mass is 408 g/mol. The zero-order chi connectivity index (χ0) is 21.3. The minimum absolute atomic E-state index is 0.0327. The predicted octanol–water partition coefficient (Wildman–Crippen LogP) is 4.27. The number of carbonyl (C=O) groups is 1. The smallest absolute Gasteiger partial charge is 0.275 e. The van der Waals surface area contributed by atoms with Gasteiger partial charge in [0, 0.05) is 0 Å². The Morgan fingerprint density at radius 3 is 2.60 bits per heavy atom. The van der Waals surface area contributed by atoms with E-state index in [0.29, 0.717) is 29.2 Å². The van der Waals surface area contributed by atoms with E-state index in [0.717, 1.165) is 5.56 Å². The molecule has 0 saturated carbocycles. The third-order valence-electron chi connectivity index (χ3n) is 4.10. The molecule has 2 N–H and O–H groups in total. The Bertz CT molecular complexity index is 1040. The van der Waals surface area contributed by atoms with Gasteiger partial charge in [-0.05, 0) is 60.5 Å². The highest BCUT2D eigenvalue weighted by Gasteiger charge is 2.11. The number of para-hydroxylation sites is 1. The summed E-state index contributed by atoms with van der Waals surface area (Å²) in [5.74, 6) is -0.00136. The van der Waals surface area contributed by atoms with E-state index < -0.39 is 5.91 Å². The fraction of sp³-hybridized carbons (Fsp3) is 0.130. The molecule has 30 heavy (non-hydrogen) atoms. The SMILES string of the molecule is CCOc1cc(/C=N/NC(=O)c2ccccc2OCc2ccc(F)cc2)ccc1O. The second kappa shape index (κ2) is 10.1. The Kier molecular flexibility index (Phi) is 7.00. The number of ether oxygens (including phenoxy) is 2. The molecule has 0 aromatic heterocycles. The lowest BCUT2D eigenvalue weighted by Gasteiger charge is -2.10. The third kappa shape index (κ3) is 5.57. The first-order valence-electron chi connectivity index (χ1n) is 9.32. The Labute approximate surface area is 173 Å². The van der Waals surface area contributed by atoms with Crippen molar-refractivity contribution >= 4 is 12.1 Å². The molecule has 0 fully saturated rings. The molecule has 0 aliphatic carbocycles. The Morgan fingerprint density at radius 1 is 1.07 bits per heavy atom. The van der Waals surface area contributed by atoms with Gasteiger partial charge in [-0.1, -0.05) is 24.3 Å². The first kappa shape index (κ1) is 20.9. The van der Waals surface area contributed by atoms with Crippen LogP contribution in [0.15, 0.2) is 71.8 Å². The highest BCUT2D eigenvalue weighted by Crippen LogP contribution is 2.26. The summed E-state index contributed by atoms with van der Waals surface area (Å²) >= 11 is 0. The largest absolute Gasteiger partial charge is 0.504 e. The van der Waals surface area contributed by atoms with Crippen molar-refractivity contribution in [3.8, 4) is 17.2 Å². The molecule has 154 valence electrons. The second-order valence-corrected chi connectivity index (χ2v) is 6.27. The molecule has 3 aromatic carbocycles. The van der Waals surface area contributed by atoms with Crippen molar-refractivity contribution in [1.82, 2.24) is 5.43 Å². The van der Waals surface area contributed by atoms with Crippen molar-refractivity contribution < 1.29 is 23.8 Å². The number of carbonyl (C=O) groups excluding carboxylic acids is 1. The number of hydrogen-bond acceptors (Lipinski definition) is 5. The average molecular weight is 408 g/mol. The van der Waals surface area contributed by atoms with E-state index in [1.54, 1.807) is 48.5 Å². The minimum Gasteiger partial charge on any atom is -0.504 e. The van der Waals surface area contributed by atoms with E-state index in [2.05, 4.69) is 10.5 Å². The van der Waals surface area contributed by atoms with E-state index >= 15 is 0 Å². The third-order valence-corrected chi connectivity index (χ3v) is 4.10. The normalized spacial score (nSPS) is 10.7. The van der Waals surface area contributed by atoms with Crippen LogP contribution in [0, 0.1) is 5.82 Å². The predicted molar refractivity (Wildman–Crippen MR) is 112 cm³/mol. The molecule has 7 heteroatoms. The number of phenolic OH excluding ortho intramolecular Hbond substituents is 1. The van der Waals surface area contributed by atoms with Crippen LogP contribution in [-0.4, -0.2) is 23.8 Å². The van der Waals surface area contributed by atoms with Gasteiger partial charge in [-0.25, -0.2) is 9.82 Å². The summed E-state index contributed by atoms with van der Waals surface area (Å²) in [4.78, 5) is 12.5. The van der Waals surface area contributed by atoms with Crippen molar-refractivity contribution in [2.45, 2.75) is 13.5 Å². The molecular weight excluding hydrogens is 387 g/mol. The molecule has 0 aliphatic heterocycles. The van der Waals surface area contributed by atoms with Crippen molar-refractivity contribution in [3.63, 3.8) is 0 Å². The number of phenols is 1. The van der Waals surface area contributed by atoms with Gasteiger partial charge in [0.05, 0.1) is 18.4 Å². The number of nitrogens with one attached hydrogen (secondary N) is 1. The van der Waals surface area contributed by atoms with Crippen LogP contribution in [0.1, 0.15) is 28.4 Å². The topological polar surface area (TPSA) is 80.2 Å². The van der Waals surface area contributed by atoms with E-state index in [1.165, 1.54) is 24.4 Å². The maximum Gasteiger partial charge on any atom is 0.275 e. The first-order chi connectivity index (χ1) is 14.6. The van der Waals surface area contributed by atoms with Gasteiger partial charge in [0.1, 0.15) is 18.2 Å². The minimum atomic E-state index is -0.440. The van der Waals surface area contributed by atoms with Crippen LogP contribution in [0.4, 0.5) is 4.39 Å². The van der Waals surface area contributed by atoms with Gasteiger partial charge in [-0.3, -0.25) is 4.79 Å². The Balaban J connectivity index is 1.65. The van der Waals surface area contributed by atoms with Crippen molar-refractivity contribution in [3.05, 3.63) is 89.2 Å². The van der Waals surface area contributed by atoms with Crippen LogP contribution in [0.2, 0.25) is 0 Å². The molecule has 0 unspecified atom stereocenters. The van der Waals surface area contributed by atoms with Crippen molar-refractivity contribution in [1.29, 1.82) is 0 Å². The molecule has 6 nitrogen and oxygen atoms in total. The number of benzene rings is 3. The molecule has 3 aromatic rings. The van der Waals surface area contributed by atoms with Crippen LogP contribution in [-0.2, 0) is 6.61 Å². The van der Waals surface area contributed by atoms with Crippen molar-refractivity contribution in [2.24, 2.45) is 5.10 Å². The van der Waals surface area contributed by atoms with Gasteiger partial charge in [0.15, 0.2) is 11.5 Å². The Hall–Kier alpha value is -3.87. The molecule has 0 saturated heterocycles. The maximum absolute atomic E-state index is 13.0. The van der Waals surface area contributed by atoms with Gasteiger partial charge in [0.25, 0.3) is 5.91 Å². The number of hydrazone groups is 1. The van der Waals surface area contributed by atoms with Gasteiger partial charge in [-0.2, -0.15) is 5.10 Å². The number of halogens is 1. The summed E-state index contributed by atoms with van der Waals surface area (Å²) in [6.45, 7) is 2.43. The van der Waals surface area contributed by atoms with E-state index in [9.17, 15) is 14.3 Å². The number of aromatic hydroxyl groups is 1. The maximum atomic E-state index is 13.0. The van der Waals surface area contributed by atoms with Crippen LogP contribution in [0.25, 0.3) is 0 Å². The van der Waals surface area contributed by atoms with Crippen LogP contribution in [0.3, 0.4) is 0 Å². The van der Waals surface area contributed by atoms with Gasteiger partial charge >= 0.3 is 0 Å². The zero-order valence-corrected chi connectivity index (χ0v) is 16.3. The number of amides is 1. The molecule has 0 radical (unpaired) electrons. The van der Waals surface area contributed by atoms with Crippen LogP contribution < -0.4 is 14.9 Å². The van der Waals surface area contributed by atoms with E-state index in [1.807, 2.05) is 6.92 Å². The highest BCUT2D eigenvalue weighted by molar-refractivity contribution is 5.97. The fourth-order valence-corrected chi connectivity index (χ4v) is 2.63. The summed E-state index contributed by atoms with van der Waals surface area (Å²) in [6.07, 6.45) is 1.45. The lowest BCUT2D eigenvalue weighted by molar-refractivity contribution is 0.0950. The van der Waals surface area contributed by atoms with Gasteiger partial charge < -0.3 is 14.6 Å². The van der Waals surface area contributed by atoms with E-state index in [-0.39, 0.29) is 18.2 Å². The van der Waals surface area contributed by atoms with Crippen molar-refractivity contribution in [2.75, 3.05) is 6.61 Å². The number of rotatable bonds is 8. The summed E-state index contributed by atoms with van der Waals surface area (Å²) in [6, 6.07) is 17.5. The molecule has 0 heterocycles. The lowest BCUT2D eigenvalue weighted by atomic mass is 10.2. The average Bonchev–Trinajstić information content (AvgIpc) is 2.76. The first-order valence-corrected chi connectivity index (χ1v) is 9.32. The molecule has 0 aliphatic rings. The summed E-state index contributed by atoms with van der Waals surface area (Å²) in [5.41, 5.74) is 4.20. The summed E-state index contributed by atoms with van der Waals surface area (Å²) in [7, 11) is 0. The quantitative estimate of drug-likeness (QED) is 0.431. The summed E-state index contributed by atoms with van der Waals surface area (Å²) in [5, 5.41) is 13.7. The highest BCUT2D eigenvalue weighted by atomic mass is 19.1. The van der Waals surface area contributed by atoms with E-state index in [4.69, 9.17) is 9.47 Å². The molecule has 0 spiro atoms. The van der Waals surface area contributed by atoms with Gasteiger partial charge in [-0.15, -0.1) is 0 Å². The van der Waals surface area contributed by atoms with Crippen LogP contribution in [0.5, 0.6) is 17.2 Å². The molecule has 0 bridgehead atoms. The number of nitrogens with zero attached hydrogens (tertiary/aromatic N) is 1. The molecule has 0 atom stereocenters. The number of hydrogen-bond donors (Lipinski definition) is 2. The lowest BCUT2D eigenvalue weighted by Crippen LogP contribution is -2.18. The zero-order valence-electron chi connectivity index (χ0n) is 16.3. The molecule has 3 rings (SSSR count). The Morgan fingerprint density at radius 2 is 1.83 bits per heavy atom. The van der Waals surface area contributed by atoms with Gasteiger partial charge in [0.2, 0.25) is 0 Å². The fourth-order valence-electron chi connectivity index (χ4n) is 2.63. The van der Waals surface area contributed by atoms with Crippen LogP contribution >= 0.6 is 0 Å². The summed E-state index contributed by atoms with van der Waals surface area (Å²) < 4.78 is 24.1.